The number of fused-ring (bicyclic) bond motifs is 1. The zero-order valence-electron chi connectivity index (χ0n) is 18.7. The summed E-state index contributed by atoms with van der Waals surface area (Å²) in [5.74, 6) is -0.355. The molecule has 1 amide bonds. The fourth-order valence-electron chi connectivity index (χ4n) is 4.28. The van der Waals surface area contributed by atoms with Crippen molar-refractivity contribution in [3.63, 3.8) is 0 Å². The van der Waals surface area contributed by atoms with Gasteiger partial charge in [-0.3, -0.25) is 9.10 Å². The molecular weight excluding hydrogens is 456 g/mol. The summed E-state index contributed by atoms with van der Waals surface area (Å²) in [6.07, 6.45) is 2.78. The Morgan fingerprint density at radius 2 is 1.76 bits per heavy atom. The topological polar surface area (TPSA) is 66.5 Å². The molecule has 3 aromatic carbocycles. The zero-order valence-corrected chi connectivity index (χ0v) is 20.3. The molecule has 7 heteroatoms. The SMILES string of the molecule is Cc1ccc(S(=O)(=O)N(CC(=O)N[C@@H]2CCCc3ccccc32)c2cccc(Cl)c2C)cc1. The number of sulfonamides is 1. The number of nitrogens with one attached hydrogen (secondary N) is 1. The Morgan fingerprint density at radius 3 is 2.52 bits per heavy atom. The number of anilines is 1. The van der Waals surface area contributed by atoms with E-state index in [2.05, 4.69) is 11.4 Å². The number of halogens is 1. The van der Waals surface area contributed by atoms with Gasteiger partial charge in [-0.2, -0.15) is 0 Å². The maximum atomic E-state index is 13.6. The summed E-state index contributed by atoms with van der Waals surface area (Å²) in [5.41, 5.74) is 4.27. The third kappa shape index (κ3) is 4.92. The van der Waals surface area contributed by atoms with Crippen LogP contribution in [0, 0.1) is 13.8 Å². The highest BCUT2D eigenvalue weighted by atomic mass is 35.5. The van der Waals surface area contributed by atoms with E-state index in [9.17, 15) is 13.2 Å². The highest BCUT2D eigenvalue weighted by molar-refractivity contribution is 7.92. The highest BCUT2D eigenvalue weighted by Crippen LogP contribution is 2.32. The summed E-state index contributed by atoms with van der Waals surface area (Å²) >= 11 is 6.30. The van der Waals surface area contributed by atoms with E-state index in [1.165, 1.54) is 5.56 Å². The van der Waals surface area contributed by atoms with Gasteiger partial charge in [0.2, 0.25) is 5.91 Å². The Balaban J connectivity index is 1.67. The molecule has 0 aromatic heterocycles. The number of nitrogens with zero attached hydrogens (tertiary/aromatic N) is 1. The molecule has 0 saturated heterocycles. The number of carbonyl (C=O) groups excluding carboxylic acids is 1. The molecule has 5 nitrogen and oxygen atoms in total. The van der Waals surface area contributed by atoms with Crippen molar-refractivity contribution >= 4 is 33.2 Å². The zero-order chi connectivity index (χ0) is 23.6. The fraction of sp³-hybridized carbons (Fsp3) is 0.269. The molecule has 0 aliphatic heterocycles. The molecule has 0 saturated carbocycles. The van der Waals surface area contributed by atoms with Crippen molar-refractivity contribution in [2.24, 2.45) is 0 Å². The molecule has 0 heterocycles. The largest absolute Gasteiger partial charge is 0.348 e. The van der Waals surface area contributed by atoms with E-state index in [0.29, 0.717) is 16.3 Å². The molecule has 0 bridgehead atoms. The molecule has 1 aliphatic rings. The van der Waals surface area contributed by atoms with Gasteiger partial charge in [-0.05, 0) is 74.1 Å². The molecule has 0 fully saturated rings. The van der Waals surface area contributed by atoms with E-state index in [1.807, 2.05) is 25.1 Å². The standard InChI is InChI=1S/C26H27ClN2O3S/c1-18-13-15-21(16-14-18)33(31,32)29(25-12-6-10-23(27)19(25)2)17-26(30)28-24-11-5-8-20-7-3-4-9-22(20)24/h3-4,6-7,9-10,12-16,24H,5,8,11,17H2,1-2H3,(H,28,30)/t24-/m1/s1. The average molecular weight is 483 g/mol. The summed E-state index contributed by atoms with van der Waals surface area (Å²) in [5, 5.41) is 3.51. The third-order valence-electron chi connectivity index (χ3n) is 6.11. The van der Waals surface area contributed by atoms with Crippen LogP contribution in [0.1, 0.15) is 41.1 Å². The maximum absolute atomic E-state index is 13.6. The van der Waals surface area contributed by atoms with Crippen molar-refractivity contribution in [2.45, 2.75) is 44.0 Å². The monoisotopic (exact) mass is 482 g/mol. The van der Waals surface area contributed by atoms with Crippen LogP contribution in [0.15, 0.2) is 71.6 Å². The van der Waals surface area contributed by atoms with Gasteiger partial charge in [0.25, 0.3) is 10.0 Å². The summed E-state index contributed by atoms with van der Waals surface area (Å²) in [7, 11) is -3.99. The first-order valence-corrected chi connectivity index (χ1v) is 12.8. The van der Waals surface area contributed by atoms with Crippen LogP contribution in [-0.2, 0) is 21.2 Å². The van der Waals surface area contributed by atoms with E-state index >= 15 is 0 Å². The number of hydrogen-bond donors (Lipinski definition) is 1. The second-order valence-corrected chi connectivity index (χ2v) is 10.7. The summed E-state index contributed by atoms with van der Waals surface area (Å²) in [6, 6.07) is 19.6. The van der Waals surface area contributed by atoms with E-state index < -0.39 is 10.0 Å². The normalized spacial score (nSPS) is 15.5. The van der Waals surface area contributed by atoms with Gasteiger partial charge in [-0.25, -0.2) is 8.42 Å². The lowest BCUT2D eigenvalue weighted by molar-refractivity contribution is -0.120. The van der Waals surface area contributed by atoms with Crippen LogP contribution in [0.5, 0.6) is 0 Å². The van der Waals surface area contributed by atoms with Crippen molar-refractivity contribution in [2.75, 3.05) is 10.8 Å². The third-order valence-corrected chi connectivity index (χ3v) is 8.29. The molecule has 3 aromatic rings. The lowest BCUT2D eigenvalue weighted by Crippen LogP contribution is -2.42. The molecule has 1 N–H and O–H groups in total. The molecule has 172 valence electrons. The quantitative estimate of drug-likeness (QED) is 0.515. The van der Waals surface area contributed by atoms with Crippen LogP contribution in [0.25, 0.3) is 0 Å². The predicted octanol–water partition coefficient (Wildman–Crippen LogP) is 5.35. The lowest BCUT2D eigenvalue weighted by Gasteiger charge is -2.29. The summed E-state index contributed by atoms with van der Waals surface area (Å²) < 4.78 is 28.4. The maximum Gasteiger partial charge on any atom is 0.264 e. The summed E-state index contributed by atoms with van der Waals surface area (Å²) in [6.45, 7) is 3.31. The van der Waals surface area contributed by atoms with Crippen LogP contribution >= 0.6 is 11.6 Å². The minimum absolute atomic E-state index is 0.128. The number of hydrogen-bond acceptors (Lipinski definition) is 3. The Bertz CT molecular complexity index is 1270. The van der Waals surface area contributed by atoms with Crippen LogP contribution in [0.2, 0.25) is 5.02 Å². The number of aryl methyl sites for hydroxylation is 2. The molecular formula is C26H27ClN2O3S. The highest BCUT2D eigenvalue weighted by Gasteiger charge is 2.30. The summed E-state index contributed by atoms with van der Waals surface area (Å²) in [4.78, 5) is 13.3. The predicted molar refractivity (Wildman–Crippen MR) is 132 cm³/mol. The minimum Gasteiger partial charge on any atom is -0.348 e. The van der Waals surface area contributed by atoms with Gasteiger partial charge >= 0.3 is 0 Å². The molecule has 0 unspecified atom stereocenters. The fourth-order valence-corrected chi connectivity index (χ4v) is 5.93. The number of carbonyl (C=O) groups is 1. The van der Waals surface area contributed by atoms with Crippen LogP contribution in [0.3, 0.4) is 0 Å². The molecule has 0 spiro atoms. The first kappa shape index (κ1) is 23.3. The second kappa shape index (κ2) is 9.57. The van der Waals surface area contributed by atoms with E-state index in [-0.39, 0.29) is 23.4 Å². The first-order chi connectivity index (χ1) is 15.8. The number of rotatable bonds is 6. The Labute approximate surface area is 200 Å². The number of amides is 1. The minimum atomic E-state index is -3.99. The smallest absolute Gasteiger partial charge is 0.264 e. The first-order valence-electron chi connectivity index (χ1n) is 11.0. The van der Waals surface area contributed by atoms with Gasteiger partial charge in [-0.15, -0.1) is 0 Å². The number of benzene rings is 3. The van der Waals surface area contributed by atoms with Crippen molar-refractivity contribution in [3.8, 4) is 0 Å². The van der Waals surface area contributed by atoms with Crippen molar-refractivity contribution in [1.29, 1.82) is 0 Å². The van der Waals surface area contributed by atoms with E-state index in [1.54, 1.807) is 49.4 Å². The van der Waals surface area contributed by atoms with Gasteiger partial charge in [0.15, 0.2) is 0 Å². The molecule has 33 heavy (non-hydrogen) atoms. The second-order valence-electron chi connectivity index (χ2n) is 8.42. The Morgan fingerprint density at radius 1 is 1.03 bits per heavy atom. The van der Waals surface area contributed by atoms with Gasteiger partial charge in [0.05, 0.1) is 16.6 Å². The van der Waals surface area contributed by atoms with Crippen molar-refractivity contribution < 1.29 is 13.2 Å². The van der Waals surface area contributed by atoms with Gasteiger partial charge in [0, 0.05) is 5.02 Å². The molecule has 0 radical (unpaired) electrons. The van der Waals surface area contributed by atoms with Gasteiger partial charge in [-0.1, -0.05) is 59.6 Å². The van der Waals surface area contributed by atoms with Crippen LogP contribution in [0.4, 0.5) is 5.69 Å². The van der Waals surface area contributed by atoms with E-state index in [4.69, 9.17) is 11.6 Å². The lowest BCUT2D eigenvalue weighted by atomic mass is 9.88. The average Bonchev–Trinajstić information content (AvgIpc) is 2.80. The van der Waals surface area contributed by atoms with Crippen molar-refractivity contribution in [3.05, 3.63) is 94.0 Å². The van der Waals surface area contributed by atoms with E-state index in [0.717, 1.165) is 34.7 Å². The Hall–Kier alpha value is -2.83. The Kier molecular flexibility index (Phi) is 6.77. The van der Waals surface area contributed by atoms with Crippen LogP contribution in [-0.4, -0.2) is 20.9 Å². The molecule has 1 atom stereocenters. The molecule has 1 aliphatic carbocycles. The van der Waals surface area contributed by atoms with Gasteiger partial charge < -0.3 is 5.32 Å². The molecule has 4 rings (SSSR count). The van der Waals surface area contributed by atoms with Gasteiger partial charge in [0.1, 0.15) is 6.54 Å². The van der Waals surface area contributed by atoms with Crippen molar-refractivity contribution in [1.82, 2.24) is 5.32 Å². The van der Waals surface area contributed by atoms with Crippen LogP contribution < -0.4 is 9.62 Å².